The van der Waals surface area contributed by atoms with Crippen molar-refractivity contribution in [1.29, 1.82) is 0 Å². The summed E-state index contributed by atoms with van der Waals surface area (Å²) in [6, 6.07) is 8.40. The number of aromatic nitrogens is 2. The Labute approximate surface area is 119 Å². The molecule has 2 heterocycles. The van der Waals surface area contributed by atoms with Gasteiger partial charge in [-0.1, -0.05) is 18.2 Å². The van der Waals surface area contributed by atoms with E-state index in [1.807, 2.05) is 11.4 Å². The molecule has 2 N–H and O–H groups in total. The Bertz CT molecular complexity index is 744. The third-order valence-corrected chi connectivity index (χ3v) is 3.65. The highest BCUT2D eigenvalue weighted by atomic mass is 32.1. The van der Waals surface area contributed by atoms with Crippen LogP contribution in [0.5, 0.6) is 0 Å². The summed E-state index contributed by atoms with van der Waals surface area (Å²) in [4.78, 5) is 9.38. The third-order valence-electron chi connectivity index (χ3n) is 2.85. The molecule has 4 nitrogen and oxygen atoms in total. The molecule has 0 aliphatic rings. The van der Waals surface area contributed by atoms with E-state index < -0.39 is 0 Å². The standard InChI is InChI=1S/C14H12FN3OS/c15-11-4-2-1-3-9(11)7-19-8-12-17-13(16)10-5-6-20-14(10)18-12/h1-6H,7-8H2,(H2,16,17,18). The second kappa shape index (κ2) is 5.52. The molecule has 0 radical (unpaired) electrons. The Hall–Kier alpha value is -2.05. The first kappa shape index (κ1) is 13.0. The summed E-state index contributed by atoms with van der Waals surface area (Å²) in [6.07, 6.45) is 0. The number of thiophene rings is 1. The highest BCUT2D eigenvalue weighted by Gasteiger charge is 2.07. The molecule has 0 atom stereocenters. The first-order valence-electron chi connectivity index (χ1n) is 6.05. The Kier molecular flexibility index (Phi) is 3.58. The summed E-state index contributed by atoms with van der Waals surface area (Å²) in [5.41, 5.74) is 6.36. The minimum Gasteiger partial charge on any atom is -0.383 e. The average molecular weight is 289 g/mol. The van der Waals surface area contributed by atoms with Gasteiger partial charge in [0, 0.05) is 5.56 Å². The number of nitrogens with two attached hydrogens (primary N) is 1. The van der Waals surface area contributed by atoms with Gasteiger partial charge in [0.15, 0.2) is 5.82 Å². The number of hydrogen-bond donors (Lipinski definition) is 1. The molecule has 3 rings (SSSR count). The maximum Gasteiger partial charge on any atom is 0.158 e. The van der Waals surface area contributed by atoms with Gasteiger partial charge in [0.25, 0.3) is 0 Å². The van der Waals surface area contributed by atoms with E-state index in [2.05, 4.69) is 9.97 Å². The van der Waals surface area contributed by atoms with E-state index in [0.29, 0.717) is 17.2 Å². The minimum atomic E-state index is -0.276. The zero-order valence-corrected chi connectivity index (χ0v) is 11.4. The normalized spacial score (nSPS) is 11.1. The first-order valence-corrected chi connectivity index (χ1v) is 6.93. The Morgan fingerprint density at radius 2 is 2.00 bits per heavy atom. The summed E-state index contributed by atoms with van der Waals surface area (Å²) in [7, 11) is 0. The van der Waals surface area contributed by atoms with Gasteiger partial charge in [-0.05, 0) is 17.5 Å². The van der Waals surface area contributed by atoms with E-state index in [1.165, 1.54) is 17.4 Å². The zero-order valence-electron chi connectivity index (χ0n) is 10.5. The van der Waals surface area contributed by atoms with Crippen LogP contribution in [0.15, 0.2) is 35.7 Å². The van der Waals surface area contributed by atoms with E-state index in [0.717, 1.165) is 10.2 Å². The largest absolute Gasteiger partial charge is 0.383 e. The number of benzene rings is 1. The third kappa shape index (κ3) is 2.61. The summed E-state index contributed by atoms with van der Waals surface area (Å²) >= 11 is 1.50. The summed E-state index contributed by atoms with van der Waals surface area (Å²) in [6.45, 7) is 0.380. The number of ether oxygens (including phenoxy) is 1. The predicted octanol–water partition coefficient (Wildman–Crippen LogP) is 3.13. The van der Waals surface area contributed by atoms with Crippen molar-refractivity contribution in [3.63, 3.8) is 0 Å². The maximum absolute atomic E-state index is 13.4. The lowest BCUT2D eigenvalue weighted by Crippen LogP contribution is -2.03. The van der Waals surface area contributed by atoms with Gasteiger partial charge in [0.2, 0.25) is 0 Å². The molecule has 20 heavy (non-hydrogen) atoms. The van der Waals surface area contributed by atoms with Gasteiger partial charge in [0.1, 0.15) is 23.1 Å². The molecule has 0 fully saturated rings. The lowest BCUT2D eigenvalue weighted by molar-refractivity contribution is 0.0997. The molecular formula is C14H12FN3OS. The van der Waals surface area contributed by atoms with Crippen molar-refractivity contribution in [1.82, 2.24) is 9.97 Å². The van der Waals surface area contributed by atoms with Crippen LogP contribution in [0.25, 0.3) is 10.2 Å². The Morgan fingerprint density at radius 1 is 1.15 bits per heavy atom. The fourth-order valence-corrected chi connectivity index (χ4v) is 2.65. The number of nitrogen functional groups attached to an aromatic ring is 1. The second-order valence-corrected chi connectivity index (χ2v) is 5.14. The lowest BCUT2D eigenvalue weighted by atomic mass is 10.2. The molecule has 3 aromatic rings. The number of halogens is 1. The average Bonchev–Trinajstić information content (AvgIpc) is 2.90. The monoisotopic (exact) mass is 289 g/mol. The van der Waals surface area contributed by atoms with Crippen LogP contribution in [0.1, 0.15) is 11.4 Å². The summed E-state index contributed by atoms with van der Waals surface area (Å²) in [5.74, 6) is 0.677. The number of hydrogen-bond acceptors (Lipinski definition) is 5. The molecule has 0 aliphatic carbocycles. The number of nitrogens with zero attached hydrogens (tertiary/aromatic N) is 2. The second-order valence-electron chi connectivity index (χ2n) is 4.25. The van der Waals surface area contributed by atoms with Crippen molar-refractivity contribution in [2.45, 2.75) is 13.2 Å². The van der Waals surface area contributed by atoms with Crippen molar-refractivity contribution in [3.8, 4) is 0 Å². The van der Waals surface area contributed by atoms with Crippen LogP contribution in [-0.4, -0.2) is 9.97 Å². The van der Waals surface area contributed by atoms with Crippen LogP contribution in [-0.2, 0) is 18.0 Å². The van der Waals surface area contributed by atoms with E-state index >= 15 is 0 Å². The molecule has 2 aromatic heterocycles. The van der Waals surface area contributed by atoms with Crippen molar-refractivity contribution < 1.29 is 9.13 Å². The highest BCUT2D eigenvalue weighted by Crippen LogP contribution is 2.23. The van der Waals surface area contributed by atoms with Crippen molar-refractivity contribution in [2.75, 3.05) is 5.73 Å². The number of fused-ring (bicyclic) bond motifs is 1. The van der Waals surface area contributed by atoms with Gasteiger partial charge in [-0.25, -0.2) is 14.4 Å². The molecule has 0 bridgehead atoms. The Morgan fingerprint density at radius 3 is 2.85 bits per heavy atom. The number of rotatable bonds is 4. The van der Waals surface area contributed by atoms with Gasteiger partial charge in [-0.2, -0.15) is 0 Å². The van der Waals surface area contributed by atoms with Crippen molar-refractivity contribution >= 4 is 27.4 Å². The molecule has 0 saturated carbocycles. The molecule has 0 aliphatic heterocycles. The van der Waals surface area contributed by atoms with Gasteiger partial charge in [0.05, 0.1) is 12.0 Å². The quantitative estimate of drug-likeness (QED) is 0.801. The predicted molar refractivity (Wildman–Crippen MR) is 76.7 cm³/mol. The van der Waals surface area contributed by atoms with Crippen LogP contribution >= 0.6 is 11.3 Å². The summed E-state index contributed by atoms with van der Waals surface area (Å²) < 4.78 is 18.9. The van der Waals surface area contributed by atoms with Gasteiger partial charge in [-0.3, -0.25) is 0 Å². The molecule has 6 heteroatoms. The van der Waals surface area contributed by atoms with E-state index in [9.17, 15) is 4.39 Å². The molecule has 0 amide bonds. The van der Waals surface area contributed by atoms with Crippen LogP contribution < -0.4 is 5.73 Å². The van der Waals surface area contributed by atoms with E-state index in [-0.39, 0.29) is 19.0 Å². The highest BCUT2D eigenvalue weighted by molar-refractivity contribution is 7.16. The topological polar surface area (TPSA) is 61.0 Å². The van der Waals surface area contributed by atoms with Crippen LogP contribution in [0.4, 0.5) is 10.2 Å². The molecule has 1 aromatic carbocycles. The zero-order chi connectivity index (χ0) is 13.9. The molecule has 0 unspecified atom stereocenters. The lowest BCUT2D eigenvalue weighted by Gasteiger charge is -2.05. The van der Waals surface area contributed by atoms with E-state index in [1.54, 1.807) is 18.2 Å². The maximum atomic E-state index is 13.4. The SMILES string of the molecule is Nc1nc(COCc2ccccc2F)nc2sccc12. The van der Waals surface area contributed by atoms with Gasteiger partial charge in [-0.15, -0.1) is 11.3 Å². The van der Waals surface area contributed by atoms with Crippen LogP contribution in [0.3, 0.4) is 0 Å². The smallest absolute Gasteiger partial charge is 0.158 e. The minimum absolute atomic E-state index is 0.179. The fourth-order valence-electron chi connectivity index (χ4n) is 1.86. The van der Waals surface area contributed by atoms with Crippen molar-refractivity contribution in [2.24, 2.45) is 0 Å². The van der Waals surface area contributed by atoms with Gasteiger partial charge >= 0.3 is 0 Å². The Balaban J connectivity index is 1.69. The van der Waals surface area contributed by atoms with Crippen LogP contribution in [0, 0.1) is 5.82 Å². The molecule has 0 spiro atoms. The first-order chi connectivity index (χ1) is 9.74. The van der Waals surface area contributed by atoms with Gasteiger partial charge < -0.3 is 10.5 Å². The number of anilines is 1. The molecule has 0 saturated heterocycles. The van der Waals surface area contributed by atoms with Crippen LogP contribution in [0.2, 0.25) is 0 Å². The van der Waals surface area contributed by atoms with E-state index in [4.69, 9.17) is 10.5 Å². The fraction of sp³-hybridized carbons (Fsp3) is 0.143. The molecular weight excluding hydrogens is 277 g/mol. The summed E-state index contributed by atoms with van der Waals surface area (Å²) in [5, 5.41) is 2.77. The van der Waals surface area contributed by atoms with Crippen molar-refractivity contribution in [3.05, 3.63) is 52.9 Å². The molecule has 102 valence electrons.